The van der Waals surface area contributed by atoms with Crippen LogP contribution >= 0.6 is 0 Å². The molecule has 0 spiro atoms. The minimum atomic E-state index is -4.46. The highest BCUT2D eigenvalue weighted by atomic mass is 19.4. The number of alkyl halides is 3. The first-order chi connectivity index (χ1) is 29.4. The summed E-state index contributed by atoms with van der Waals surface area (Å²) >= 11 is 0. The maximum atomic E-state index is 14.4. The Labute approximate surface area is 349 Å². The fourth-order valence-electron chi connectivity index (χ4n) is 9.08. The van der Waals surface area contributed by atoms with Gasteiger partial charge in [-0.1, -0.05) is 25.0 Å². The number of nitrogens with one attached hydrogen (secondary N) is 1. The lowest BCUT2D eigenvalue weighted by Crippen LogP contribution is -2.59. The largest absolute Gasteiger partial charge is 0.474 e. The summed E-state index contributed by atoms with van der Waals surface area (Å²) in [5, 5.41) is 4.45. The fourth-order valence-corrected chi connectivity index (χ4v) is 9.08. The van der Waals surface area contributed by atoms with Crippen molar-refractivity contribution in [3.63, 3.8) is 0 Å². The van der Waals surface area contributed by atoms with Gasteiger partial charge in [0, 0.05) is 105 Å². The van der Waals surface area contributed by atoms with Crippen LogP contribution in [0.15, 0.2) is 73.2 Å². The molecule has 2 saturated heterocycles. The van der Waals surface area contributed by atoms with Crippen molar-refractivity contribution < 1.29 is 41.8 Å². The molecule has 61 heavy (non-hydrogen) atoms. The molecule has 0 radical (unpaired) electrons. The van der Waals surface area contributed by atoms with Crippen LogP contribution in [0.5, 0.6) is 5.88 Å². The molecule has 4 amide bonds. The molecule has 5 aromatic rings. The monoisotopic (exact) mass is 837 g/mol. The number of benzene rings is 2. The number of ether oxygens (including phenoxy) is 2. The molecule has 1 N–H and O–H groups in total. The summed E-state index contributed by atoms with van der Waals surface area (Å²) in [4.78, 5) is 63.2. The summed E-state index contributed by atoms with van der Waals surface area (Å²) in [5.74, 6) is -1.97. The van der Waals surface area contributed by atoms with E-state index >= 15 is 0 Å². The van der Waals surface area contributed by atoms with Gasteiger partial charge in [-0.2, -0.15) is 13.2 Å². The van der Waals surface area contributed by atoms with Crippen molar-refractivity contribution >= 4 is 51.1 Å². The zero-order valence-electron chi connectivity index (χ0n) is 33.7. The van der Waals surface area contributed by atoms with E-state index in [9.17, 15) is 32.3 Å². The van der Waals surface area contributed by atoms with Crippen LogP contribution in [-0.2, 0) is 21.4 Å². The number of imide groups is 2. The zero-order valence-corrected chi connectivity index (χ0v) is 33.7. The maximum absolute atomic E-state index is 14.4. The second kappa shape index (κ2) is 16.5. The SMILES string of the molecule is Cn1c2ccncc2c2ccc(-c3ccc(OC4CC(OCCCCCCN5CCN(c6ccc7c(c6)C(=O)N(C6CCC(=O)NC6=O)C7=O)CC5C(F)(F)F)C4)nc3)cc21. The summed E-state index contributed by atoms with van der Waals surface area (Å²) in [6, 6.07) is 13.9. The topological polar surface area (TPSA) is 139 Å². The minimum absolute atomic E-state index is 0.00798. The first kappa shape index (κ1) is 40.5. The van der Waals surface area contributed by atoms with Crippen LogP contribution in [0.2, 0.25) is 0 Å². The van der Waals surface area contributed by atoms with Crippen molar-refractivity contribution in [3.8, 4) is 17.0 Å². The van der Waals surface area contributed by atoms with E-state index in [-0.39, 0.29) is 49.3 Å². The number of carbonyl (C=O) groups excluding carboxylic acids is 4. The van der Waals surface area contributed by atoms with Gasteiger partial charge in [-0.3, -0.25) is 39.3 Å². The molecular weight excluding hydrogens is 792 g/mol. The molecule has 3 aromatic heterocycles. The predicted octanol–water partition coefficient (Wildman–Crippen LogP) is 6.43. The van der Waals surface area contributed by atoms with Gasteiger partial charge in [-0.05, 0) is 67.8 Å². The number of pyridine rings is 2. The lowest BCUT2D eigenvalue weighted by Gasteiger charge is -2.43. The number of anilines is 1. The number of aryl methyl sites for hydroxylation is 1. The standard InChI is InChI=1S/C45H46F3N7O6/c1-52-36-14-15-49-25-35(36)32-9-6-27(20-38(32)52)28-7-13-41(50-24-28)61-31-22-30(23-31)60-19-5-3-2-4-16-53-17-18-54(26-39(53)45(46,47)48)29-8-10-33-34(21-29)44(59)55(43(33)58)37-11-12-40(56)51-42(37)57/h6-10,13-15,20-21,24-25,30-31,37,39H,2-5,11-12,16-19,22-23,26H2,1H3,(H,51,56,57). The lowest BCUT2D eigenvalue weighted by molar-refractivity contribution is -0.184. The average molecular weight is 838 g/mol. The Hall–Kier alpha value is -5.87. The Balaban J connectivity index is 0.685. The van der Waals surface area contributed by atoms with Gasteiger partial charge in [0.1, 0.15) is 18.2 Å². The van der Waals surface area contributed by atoms with Crippen LogP contribution in [0.4, 0.5) is 18.9 Å². The summed E-state index contributed by atoms with van der Waals surface area (Å²) in [5.41, 5.74) is 4.87. The quantitative estimate of drug-likeness (QED) is 0.104. The number of fused-ring (bicyclic) bond motifs is 4. The summed E-state index contributed by atoms with van der Waals surface area (Å²) in [6.07, 6.45) is 5.88. The third kappa shape index (κ3) is 8.06. The highest BCUT2D eigenvalue weighted by Crippen LogP contribution is 2.36. The van der Waals surface area contributed by atoms with E-state index in [1.807, 2.05) is 30.6 Å². The van der Waals surface area contributed by atoms with Gasteiger partial charge in [-0.25, -0.2) is 4.98 Å². The number of piperidine rings is 1. The van der Waals surface area contributed by atoms with E-state index in [2.05, 4.69) is 45.1 Å². The van der Waals surface area contributed by atoms with Gasteiger partial charge in [-0.15, -0.1) is 0 Å². The highest BCUT2D eigenvalue weighted by molar-refractivity contribution is 6.23. The third-order valence-electron chi connectivity index (χ3n) is 12.6. The first-order valence-corrected chi connectivity index (χ1v) is 20.9. The molecule has 3 aliphatic heterocycles. The van der Waals surface area contributed by atoms with Gasteiger partial charge in [0.15, 0.2) is 0 Å². The molecule has 2 unspecified atom stereocenters. The molecule has 4 aliphatic rings. The van der Waals surface area contributed by atoms with E-state index in [1.165, 1.54) is 17.0 Å². The number of halogens is 3. The molecule has 318 valence electrons. The maximum Gasteiger partial charge on any atom is 0.405 e. The van der Waals surface area contributed by atoms with Crippen LogP contribution in [0, 0.1) is 0 Å². The van der Waals surface area contributed by atoms with Crippen molar-refractivity contribution in [1.82, 2.24) is 29.7 Å². The van der Waals surface area contributed by atoms with E-state index in [1.54, 1.807) is 17.2 Å². The molecule has 0 bridgehead atoms. The summed E-state index contributed by atoms with van der Waals surface area (Å²) < 4.78 is 57.4. The summed E-state index contributed by atoms with van der Waals surface area (Å²) in [6.45, 7) is 1.08. The predicted molar refractivity (Wildman–Crippen MR) is 220 cm³/mol. The van der Waals surface area contributed by atoms with Crippen molar-refractivity contribution in [2.45, 2.75) is 81.8 Å². The molecule has 9 rings (SSSR count). The molecule has 2 atom stereocenters. The van der Waals surface area contributed by atoms with Crippen LogP contribution in [0.3, 0.4) is 0 Å². The number of aromatic nitrogens is 3. The van der Waals surface area contributed by atoms with Crippen LogP contribution in [0.1, 0.15) is 72.1 Å². The van der Waals surface area contributed by atoms with Gasteiger partial charge >= 0.3 is 6.18 Å². The Morgan fingerprint density at radius 3 is 2.41 bits per heavy atom. The zero-order chi connectivity index (χ0) is 42.4. The van der Waals surface area contributed by atoms with E-state index in [4.69, 9.17) is 9.47 Å². The molecule has 3 fully saturated rings. The number of unbranched alkanes of at least 4 members (excludes halogenated alkanes) is 3. The third-order valence-corrected chi connectivity index (χ3v) is 12.6. The molecule has 1 saturated carbocycles. The number of carbonyl (C=O) groups is 4. The first-order valence-electron chi connectivity index (χ1n) is 20.9. The number of rotatable bonds is 13. The number of amides is 4. The molecule has 6 heterocycles. The number of piperazine rings is 1. The van der Waals surface area contributed by atoms with Crippen molar-refractivity contribution in [2.24, 2.45) is 7.05 Å². The smallest absolute Gasteiger partial charge is 0.405 e. The van der Waals surface area contributed by atoms with Gasteiger partial charge in [0.05, 0.1) is 22.7 Å². The van der Waals surface area contributed by atoms with E-state index < -0.39 is 41.9 Å². The molecule has 13 nitrogen and oxygen atoms in total. The number of hydrogen-bond acceptors (Lipinski definition) is 10. The average Bonchev–Trinajstić information content (AvgIpc) is 3.66. The van der Waals surface area contributed by atoms with Gasteiger partial charge < -0.3 is 18.9 Å². The highest BCUT2D eigenvalue weighted by Gasteiger charge is 2.48. The van der Waals surface area contributed by atoms with Crippen LogP contribution in [-0.4, -0.2) is 111 Å². The Morgan fingerprint density at radius 1 is 0.820 bits per heavy atom. The normalized spacial score (nSPS) is 22.2. The molecular formula is C45H46F3N7O6. The lowest BCUT2D eigenvalue weighted by atomic mass is 9.92. The molecule has 1 aliphatic carbocycles. The van der Waals surface area contributed by atoms with Crippen LogP contribution < -0.4 is 15.0 Å². The van der Waals surface area contributed by atoms with Gasteiger partial charge in [0.2, 0.25) is 17.7 Å². The van der Waals surface area contributed by atoms with Crippen molar-refractivity contribution in [3.05, 3.63) is 84.3 Å². The molecule has 2 aromatic carbocycles. The second-order valence-corrected chi connectivity index (χ2v) is 16.4. The van der Waals surface area contributed by atoms with E-state index in [0.29, 0.717) is 37.7 Å². The number of nitrogens with zero attached hydrogens (tertiary/aromatic N) is 6. The van der Waals surface area contributed by atoms with Crippen molar-refractivity contribution in [2.75, 3.05) is 37.7 Å². The Morgan fingerprint density at radius 2 is 1.62 bits per heavy atom. The van der Waals surface area contributed by atoms with Gasteiger partial charge in [0.25, 0.3) is 11.8 Å². The van der Waals surface area contributed by atoms with E-state index in [0.717, 1.165) is 69.9 Å². The van der Waals surface area contributed by atoms with Crippen LogP contribution in [0.25, 0.3) is 32.9 Å². The Kier molecular flexibility index (Phi) is 11.0. The molecule has 16 heteroatoms. The Bertz CT molecular complexity index is 2500. The summed E-state index contributed by atoms with van der Waals surface area (Å²) in [7, 11) is 2.06. The fraction of sp³-hybridized carbons (Fsp3) is 0.422. The second-order valence-electron chi connectivity index (χ2n) is 16.4. The minimum Gasteiger partial charge on any atom is -0.474 e. The number of hydrogen-bond donors (Lipinski definition) is 1. The van der Waals surface area contributed by atoms with Crippen molar-refractivity contribution in [1.29, 1.82) is 0 Å².